The summed E-state index contributed by atoms with van der Waals surface area (Å²) in [6, 6.07) is 7.13. The van der Waals surface area contributed by atoms with E-state index < -0.39 is 17.6 Å². The van der Waals surface area contributed by atoms with Crippen LogP contribution in [0, 0.1) is 6.92 Å². The quantitative estimate of drug-likeness (QED) is 0.605. The van der Waals surface area contributed by atoms with Crippen LogP contribution in [0.25, 0.3) is 10.2 Å². The number of carbonyl (C=O) groups excluding carboxylic acids is 1. The highest BCUT2D eigenvalue weighted by molar-refractivity contribution is 7.21. The van der Waals surface area contributed by atoms with Gasteiger partial charge in [0.25, 0.3) is 5.91 Å². The maximum Gasteiger partial charge on any atom is 0.417 e. The van der Waals surface area contributed by atoms with Gasteiger partial charge in [0.05, 0.1) is 11.3 Å². The fourth-order valence-electron chi connectivity index (χ4n) is 3.61. The summed E-state index contributed by atoms with van der Waals surface area (Å²) in [5, 5.41) is 2.55. The van der Waals surface area contributed by atoms with E-state index in [9.17, 15) is 18.0 Å². The van der Waals surface area contributed by atoms with Gasteiger partial charge in [0.1, 0.15) is 9.71 Å². The number of nitrogens with zero attached hydrogens (tertiary/aromatic N) is 1. The van der Waals surface area contributed by atoms with E-state index in [-0.39, 0.29) is 26.3 Å². The summed E-state index contributed by atoms with van der Waals surface area (Å²) in [5.74, 6) is -0.532. The maximum absolute atomic E-state index is 13.9. The number of benzene rings is 1. The zero-order valence-electron chi connectivity index (χ0n) is 15.1. The van der Waals surface area contributed by atoms with Crippen molar-refractivity contribution < 1.29 is 18.0 Å². The maximum atomic E-state index is 13.9. The molecule has 4 rings (SSSR count). The second-order valence-electron chi connectivity index (χ2n) is 6.96. The van der Waals surface area contributed by atoms with E-state index in [0.29, 0.717) is 30.6 Å². The minimum atomic E-state index is -4.55. The molecule has 3 N–H and O–H groups in total. The Morgan fingerprint density at radius 2 is 1.86 bits per heavy atom. The summed E-state index contributed by atoms with van der Waals surface area (Å²) in [6.07, 6.45) is -2.22. The van der Waals surface area contributed by atoms with Crippen LogP contribution in [0.1, 0.15) is 44.9 Å². The third-order valence-electron chi connectivity index (χ3n) is 4.95. The third kappa shape index (κ3) is 3.22. The van der Waals surface area contributed by atoms with Crippen molar-refractivity contribution in [1.82, 2.24) is 4.98 Å². The molecule has 0 unspecified atom stereocenters. The van der Waals surface area contributed by atoms with Crippen molar-refractivity contribution in [2.45, 2.75) is 38.8 Å². The molecule has 2 aromatic heterocycles. The molecule has 0 fully saturated rings. The number of nitrogens with one attached hydrogen (secondary N) is 1. The number of pyridine rings is 1. The van der Waals surface area contributed by atoms with Crippen molar-refractivity contribution in [3.05, 3.63) is 51.5 Å². The van der Waals surface area contributed by atoms with Crippen LogP contribution in [0.15, 0.2) is 24.3 Å². The minimum Gasteiger partial charge on any atom is -0.397 e. The van der Waals surface area contributed by atoms with Crippen LogP contribution >= 0.6 is 11.3 Å². The lowest BCUT2D eigenvalue weighted by molar-refractivity contribution is -0.137. The second-order valence-corrected chi connectivity index (χ2v) is 7.96. The number of amides is 1. The fraction of sp³-hybridized carbons (Fsp3) is 0.300. The van der Waals surface area contributed by atoms with E-state index >= 15 is 0 Å². The van der Waals surface area contributed by atoms with Gasteiger partial charge >= 0.3 is 6.18 Å². The summed E-state index contributed by atoms with van der Waals surface area (Å²) in [5.41, 5.74) is 7.45. The number of anilines is 2. The minimum absolute atomic E-state index is 0.0518. The molecule has 0 radical (unpaired) electrons. The Labute approximate surface area is 163 Å². The Kier molecular flexibility index (Phi) is 4.53. The second kappa shape index (κ2) is 6.77. The number of nitrogen functional groups attached to an aromatic ring is 1. The van der Waals surface area contributed by atoms with Crippen LogP contribution in [0.3, 0.4) is 0 Å². The molecule has 0 atom stereocenters. The first kappa shape index (κ1) is 18.7. The van der Waals surface area contributed by atoms with Gasteiger partial charge in [-0.25, -0.2) is 4.98 Å². The van der Waals surface area contributed by atoms with Crippen LogP contribution in [-0.4, -0.2) is 10.9 Å². The van der Waals surface area contributed by atoms with Gasteiger partial charge in [0.15, 0.2) is 0 Å². The van der Waals surface area contributed by atoms with Crippen molar-refractivity contribution in [3.63, 3.8) is 0 Å². The monoisotopic (exact) mass is 405 g/mol. The predicted octanol–water partition coefficient (Wildman–Crippen LogP) is 5.34. The van der Waals surface area contributed by atoms with Crippen molar-refractivity contribution in [2.75, 3.05) is 11.1 Å². The number of aromatic nitrogens is 1. The summed E-state index contributed by atoms with van der Waals surface area (Å²) in [6.45, 7) is 1.92. The molecule has 28 heavy (non-hydrogen) atoms. The van der Waals surface area contributed by atoms with Crippen LogP contribution in [0.2, 0.25) is 0 Å². The number of hydrogen-bond donors (Lipinski definition) is 2. The molecule has 1 aliphatic carbocycles. The van der Waals surface area contributed by atoms with Crippen LogP contribution in [-0.2, 0) is 19.0 Å². The summed E-state index contributed by atoms with van der Waals surface area (Å²) >= 11 is 0.909. The highest BCUT2D eigenvalue weighted by atomic mass is 32.1. The number of rotatable bonds is 2. The Balaban J connectivity index is 1.84. The predicted molar refractivity (Wildman–Crippen MR) is 105 cm³/mol. The number of alkyl halides is 3. The lowest BCUT2D eigenvalue weighted by Crippen LogP contribution is -2.17. The van der Waals surface area contributed by atoms with Crippen molar-refractivity contribution in [3.8, 4) is 0 Å². The summed E-state index contributed by atoms with van der Waals surface area (Å²) in [4.78, 5) is 17.3. The molecule has 8 heteroatoms. The zero-order chi connectivity index (χ0) is 20.1. The Morgan fingerprint density at radius 3 is 2.54 bits per heavy atom. The molecule has 4 nitrogen and oxygen atoms in total. The molecule has 3 aromatic rings. The highest BCUT2D eigenvalue weighted by Gasteiger charge is 2.39. The number of halogens is 3. The number of hydrogen-bond acceptors (Lipinski definition) is 4. The molecular weight excluding hydrogens is 387 g/mol. The number of carbonyl (C=O) groups is 1. The number of thiophene rings is 1. The molecular formula is C20H18F3N3OS. The molecule has 2 heterocycles. The van der Waals surface area contributed by atoms with Gasteiger partial charge in [-0.05, 0) is 50.3 Å². The average molecular weight is 405 g/mol. The van der Waals surface area contributed by atoms with E-state index in [4.69, 9.17) is 5.73 Å². The van der Waals surface area contributed by atoms with Gasteiger partial charge < -0.3 is 11.1 Å². The van der Waals surface area contributed by atoms with E-state index in [0.717, 1.165) is 23.3 Å². The van der Waals surface area contributed by atoms with Gasteiger partial charge in [-0.1, -0.05) is 17.7 Å². The van der Waals surface area contributed by atoms with Crippen molar-refractivity contribution >= 4 is 38.8 Å². The van der Waals surface area contributed by atoms with Gasteiger partial charge in [0, 0.05) is 16.8 Å². The molecule has 0 spiro atoms. The molecule has 1 aliphatic rings. The Morgan fingerprint density at radius 1 is 1.18 bits per heavy atom. The first-order valence-electron chi connectivity index (χ1n) is 8.94. The summed E-state index contributed by atoms with van der Waals surface area (Å²) in [7, 11) is 0. The molecule has 0 bridgehead atoms. The standard InChI is InChI=1S/C20H18F3N3OS/c1-10-6-8-11(9-7-10)25-18(27)17-16(24)14-15(20(21,22)23)12-4-2-3-5-13(12)26-19(14)28-17/h6-9H,2-5,24H2,1H3,(H,25,27). The van der Waals surface area contributed by atoms with Gasteiger partial charge in [-0.15, -0.1) is 11.3 Å². The van der Waals surface area contributed by atoms with Gasteiger partial charge in [-0.2, -0.15) is 13.2 Å². The van der Waals surface area contributed by atoms with E-state index in [1.165, 1.54) is 0 Å². The van der Waals surface area contributed by atoms with Crippen LogP contribution < -0.4 is 11.1 Å². The molecule has 1 amide bonds. The van der Waals surface area contributed by atoms with Crippen molar-refractivity contribution in [1.29, 1.82) is 0 Å². The molecule has 0 aliphatic heterocycles. The van der Waals surface area contributed by atoms with E-state index in [1.54, 1.807) is 12.1 Å². The smallest absolute Gasteiger partial charge is 0.397 e. The molecule has 146 valence electrons. The molecule has 0 saturated carbocycles. The number of fused-ring (bicyclic) bond motifs is 2. The van der Waals surface area contributed by atoms with Crippen molar-refractivity contribution in [2.24, 2.45) is 0 Å². The van der Waals surface area contributed by atoms with E-state index in [2.05, 4.69) is 10.3 Å². The SMILES string of the molecule is Cc1ccc(NC(=O)c2sc3nc4c(c(C(F)(F)F)c3c2N)CCCC4)cc1. The topological polar surface area (TPSA) is 68.0 Å². The first-order valence-corrected chi connectivity index (χ1v) is 9.76. The van der Waals surface area contributed by atoms with Crippen LogP contribution in [0.4, 0.5) is 24.5 Å². The lowest BCUT2D eigenvalue weighted by Gasteiger charge is -2.21. The molecule has 1 aromatic carbocycles. The summed E-state index contributed by atoms with van der Waals surface area (Å²) < 4.78 is 41.7. The van der Waals surface area contributed by atoms with Gasteiger partial charge in [0.2, 0.25) is 0 Å². The molecule has 0 saturated heterocycles. The lowest BCUT2D eigenvalue weighted by atomic mass is 9.90. The first-order chi connectivity index (χ1) is 13.3. The number of nitrogens with two attached hydrogens (primary N) is 1. The van der Waals surface area contributed by atoms with Crippen LogP contribution in [0.5, 0.6) is 0 Å². The van der Waals surface area contributed by atoms with Gasteiger partial charge in [-0.3, -0.25) is 4.79 Å². The normalized spacial score (nSPS) is 14.1. The zero-order valence-corrected chi connectivity index (χ0v) is 15.9. The fourth-order valence-corrected chi connectivity index (χ4v) is 4.63. The Hall–Kier alpha value is -2.61. The Bertz CT molecular complexity index is 1070. The third-order valence-corrected chi connectivity index (χ3v) is 6.05. The average Bonchev–Trinajstić information content (AvgIpc) is 2.97. The number of aryl methyl sites for hydroxylation is 2. The highest BCUT2D eigenvalue weighted by Crippen LogP contribution is 2.45. The largest absolute Gasteiger partial charge is 0.417 e. The van der Waals surface area contributed by atoms with E-state index in [1.807, 2.05) is 19.1 Å².